The second-order valence-corrected chi connectivity index (χ2v) is 6.64. The molecule has 1 atom stereocenters. The fourth-order valence-electron chi connectivity index (χ4n) is 3.13. The molecule has 0 radical (unpaired) electrons. The van der Waals surface area contributed by atoms with E-state index in [2.05, 4.69) is 22.4 Å². The number of nitrogens with one attached hydrogen (secondary N) is 1. The summed E-state index contributed by atoms with van der Waals surface area (Å²) < 4.78 is 19.6. The van der Waals surface area contributed by atoms with Gasteiger partial charge in [0.2, 0.25) is 0 Å². The van der Waals surface area contributed by atoms with Crippen LogP contribution < -0.4 is 5.32 Å². The molecule has 136 valence electrons. The lowest BCUT2D eigenvalue weighted by molar-refractivity contribution is 0.0955. The maximum Gasteiger partial charge on any atom is 0.292 e. The van der Waals surface area contributed by atoms with Gasteiger partial charge in [0.05, 0.1) is 17.7 Å². The van der Waals surface area contributed by atoms with Gasteiger partial charge in [-0.2, -0.15) is 0 Å². The van der Waals surface area contributed by atoms with Gasteiger partial charge in [-0.3, -0.25) is 10.1 Å². The van der Waals surface area contributed by atoms with E-state index < -0.39 is 11.7 Å². The summed E-state index contributed by atoms with van der Waals surface area (Å²) >= 11 is 0. The molecular formula is C21H23FN2O2. The van der Waals surface area contributed by atoms with Gasteiger partial charge >= 0.3 is 0 Å². The van der Waals surface area contributed by atoms with Crippen molar-refractivity contribution >= 4 is 11.9 Å². The van der Waals surface area contributed by atoms with Crippen LogP contribution in [0.5, 0.6) is 0 Å². The minimum Gasteiger partial charge on any atom is -0.462 e. The first-order valence-electron chi connectivity index (χ1n) is 8.92. The lowest BCUT2D eigenvalue weighted by atomic mass is 9.88. The second kappa shape index (κ2) is 8.13. The molecule has 1 aliphatic carbocycles. The minimum atomic E-state index is -0.572. The number of rotatable bonds is 3. The fraction of sp³-hybridized carbons (Fsp3) is 0.333. The highest BCUT2D eigenvalue weighted by Gasteiger charge is 2.22. The highest BCUT2D eigenvalue weighted by molar-refractivity contribution is 6.04. The molecule has 2 aromatic carbocycles. The number of carbonyl (C=O) groups is 1. The van der Waals surface area contributed by atoms with Gasteiger partial charge in [-0.15, -0.1) is 0 Å². The topological polar surface area (TPSA) is 50.7 Å². The predicted molar refractivity (Wildman–Crippen MR) is 99.6 cm³/mol. The van der Waals surface area contributed by atoms with Crippen LogP contribution in [0, 0.1) is 5.82 Å². The number of hydrogen-bond acceptors (Lipinski definition) is 3. The first kappa shape index (κ1) is 18.1. The van der Waals surface area contributed by atoms with Crippen molar-refractivity contribution in [1.82, 2.24) is 5.32 Å². The summed E-state index contributed by atoms with van der Waals surface area (Å²) in [6.07, 6.45) is 2.79. The van der Waals surface area contributed by atoms with E-state index in [4.69, 9.17) is 4.74 Å². The molecule has 0 aliphatic heterocycles. The van der Waals surface area contributed by atoms with Crippen molar-refractivity contribution in [3.05, 3.63) is 71.0 Å². The molecule has 1 N–H and O–H groups in total. The number of halogens is 1. The van der Waals surface area contributed by atoms with Crippen LogP contribution in [-0.2, 0) is 11.2 Å². The Morgan fingerprint density at radius 2 is 1.92 bits per heavy atom. The van der Waals surface area contributed by atoms with E-state index in [-0.39, 0.29) is 23.7 Å². The second-order valence-electron chi connectivity index (χ2n) is 6.64. The number of benzene rings is 2. The van der Waals surface area contributed by atoms with Crippen molar-refractivity contribution in [3.63, 3.8) is 0 Å². The molecule has 4 nitrogen and oxygen atoms in total. The average molecular weight is 354 g/mol. The molecule has 0 saturated heterocycles. The van der Waals surface area contributed by atoms with Crippen molar-refractivity contribution in [3.8, 4) is 0 Å². The fourth-order valence-corrected chi connectivity index (χ4v) is 3.13. The molecular weight excluding hydrogens is 331 g/mol. The van der Waals surface area contributed by atoms with Gasteiger partial charge in [-0.05, 0) is 56.4 Å². The van der Waals surface area contributed by atoms with Crippen LogP contribution in [0.15, 0.2) is 53.5 Å². The number of fused-ring (bicyclic) bond motifs is 1. The lowest BCUT2D eigenvalue weighted by Gasteiger charge is -2.23. The van der Waals surface area contributed by atoms with Crippen molar-refractivity contribution in [1.29, 1.82) is 0 Å². The summed E-state index contributed by atoms with van der Waals surface area (Å²) in [6, 6.07) is 14.1. The van der Waals surface area contributed by atoms with Gasteiger partial charge in [0.15, 0.2) is 0 Å². The number of carbonyl (C=O) groups excluding carboxylic acids is 1. The molecule has 0 spiro atoms. The maximum absolute atomic E-state index is 13.9. The van der Waals surface area contributed by atoms with Crippen LogP contribution in [0.25, 0.3) is 0 Å². The molecule has 26 heavy (non-hydrogen) atoms. The largest absolute Gasteiger partial charge is 0.462 e. The third-order valence-corrected chi connectivity index (χ3v) is 4.30. The Hall–Kier alpha value is -2.69. The highest BCUT2D eigenvalue weighted by Crippen LogP contribution is 2.32. The van der Waals surface area contributed by atoms with Crippen LogP contribution in [0.1, 0.15) is 54.2 Å². The van der Waals surface area contributed by atoms with E-state index in [9.17, 15) is 9.18 Å². The Morgan fingerprint density at radius 1 is 1.19 bits per heavy atom. The number of nitrogens with zero attached hydrogens (tertiary/aromatic N) is 1. The number of amides is 1. The summed E-state index contributed by atoms with van der Waals surface area (Å²) in [5.41, 5.74) is 2.40. The van der Waals surface area contributed by atoms with Gasteiger partial charge < -0.3 is 4.74 Å². The minimum absolute atomic E-state index is 0.0309. The SMILES string of the molecule is CC(C)OC(=N[C@@H]1CCCc2ccccc21)NC(=O)c1ccccc1F. The zero-order chi connectivity index (χ0) is 18.5. The molecule has 0 saturated carbocycles. The number of aliphatic imine (C=N–C) groups is 1. The molecule has 0 unspecified atom stereocenters. The molecule has 5 heteroatoms. The smallest absolute Gasteiger partial charge is 0.292 e. The average Bonchev–Trinajstić information content (AvgIpc) is 2.62. The Morgan fingerprint density at radius 3 is 2.69 bits per heavy atom. The first-order chi connectivity index (χ1) is 12.5. The lowest BCUT2D eigenvalue weighted by Crippen LogP contribution is -2.35. The summed E-state index contributed by atoms with van der Waals surface area (Å²) in [7, 11) is 0. The summed E-state index contributed by atoms with van der Waals surface area (Å²) in [5.74, 6) is -1.14. The monoisotopic (exact) mass is 354 g/mol. The van der Waals surface area contributed by atoms with E-state index in [0.717, 1.165) is 24.8 Å². The van der Waals surface area contributed by atoms with Crippen molar-refractivity contribution in [2.75, 3.05) is 0 Å². The van der Waals surface area contributed by atoms with Gasteiger partial charge in [0, 0.05) is 0 Å². The molecule has 1 aliphatic rings. The third kappa shape index (κ3) is 4.28. The Kier molecular flexibility index (Phi) is 5.66. The van der Waals surface area contributed by atoms with Crippen molar-refractivity contribution in [2.24, 2.45) is 4.99 Å². The number of aryl methyl sites for hydroxylation is 1. The van der Waals surface area contributed by atoms with Crippen LogP contribution in [0.4, 0.5) is 4.39 Å². The zero-order valence-electron chi connectivity index (χ0n) is 15.0. The van der Waals surface area contributed by atoms with Crippen LogP contribution in [0.3, 0.4) is 0 Å². The molecule has 3 rings (SSSR count). The van der Waals surface area contributed by atoms with E-state index >= 15 is 0 Å². The van der Waals surface area contributed by atoms with Gasteiger partial charge in [-0.1, -0.05) is 36.4 Å². The Bertz CT molecular complexity index is 817. The Balaban J connectivity index is 1.86. The normalized spacial score (nSPS) is 16.9. The van der Waals surface area contributed by atoms with Gasteiger partial charge in [0.25, 0.3) is 11.9 Å². The van der Waals surface area contributed by atoms with E-state index in [1.165, 1.54) is 17.7 Å². The molecule has 2 aromatic rings. The first-order valence-corrected chi connectivity index (χ1v) is 8.92. The highest BCUT2D eigenvalue weighted by atomic mass is 19.1. The Labute approximate surface area is 153 Å². The van der Waals surface area contributed by atoms with Crippen molar-refractivity contribution in [2.45, 2.75) is 45.3 Å². The molecule has 0 aromatic heterocycles. The number of hydrogen-bond donors (Lipinski definition) is 1. The molecule has 0 heterocycles. The molecule has 1 amide bonds. The molecule has 0 fully saturated rings. The third-order valence-electron chi connectivity index (χ3n) is 4.30. The van der Waals surface area contributed by atoms with Gasteiger partial charge in [-0.25, -0.2) is 9.38 Å². The quantitative estimate of drug-likeness (QED) is 0.655. The van der Waals surface area contributed by atoms with Crippen LogP contribution in [-0.4, -0.2) is 18.0 Å². The van der Waals surface area contributed by atoms with Crippen LogP contribution in [0.2, 0.25) is 0 Å². The van der Waals surface area contributed by atoms with Crippen LogP contribution >= 0.6 is 0 Å². The maximum atomic E-state index is 13.9. The van der Waals surface area contributed by atoms with Crippen molar-refractivity contribution < 1.29 is 13.9 Å². The number of amidine groups is 1. The zero-order valence-corrected chi connectivity index (χ0v) is 15.0. The van der Waals surface area contributed by atoms with E-state index in [0.29, 0.717) is 0 Å². The van der Waals surface area contributed by atoms with Gasteiger partial charge in [0.1, 0.15) is 5.82 Å². The molecule has 0 bridgehead atoms. The predicted octanol–water partition coefficient (Wildman–Crippen LogP) is 4.41. The standard InChI is InChI=1S/C21H23FN2O2/c1-14(2)26-21(24-20(25)17-11-5-6-12-18(17)22)23-19-13-7-9-15-8-3-4-10-16(15)19/h3-6,8,10-12,14,19H,7,9,13H2,1-2H3,(H,23,24,25)/t19-/m1/s1. The summed E-state index contributed by atoms with van der Waals surface area (Å²) in [5, 5.41) is 2.63. The van der Waals surface area contributed by atoms with E-state index in [1.54, 1.807) is 12.1 Å². The summed E-state index contributed by atoms with van der Waals surface area (Å²) in [4.78, 5) is 17.1. The van der Waals surface area contributed by atoms with E-state index in [1.807, 2.05) is 26.0 Å². The number of ether oxygens (including phenoxy) is 1. The summed E-state index contributed by atoms with van der Waals surface area (Å²) in [6.45, 7) is 3.72.